The molecule has 3 N–H and O–H groups in total. The minimum Gasteiger partial charge on any atom is -0.391 e. The first-order valence-electron chi connectivity index (χ1n) is 18.7. The van der Waals surface area contributed by atoms with Gasteiger partial charge in [-0.15, -0.1) is 0 Å². The number of allylic oxidation sites excluding steroid dienone is 3. The smallest absolute Gasteiger partial charge is 0.211 e. The zero-order valence-electron chi connectivity index (χ0n) is 30.0. The SMILES string of the molecule is CC1=C2C[C@H]3[C@@H](CCC4=C[C@@H](O)CC[C@@]43C)[C@@H]2CC[C@@](C)([C@H](C)[C@@]2(C)[C@H](O)C[C@H](C)CN2CCNS(=O)(=O)CCc2ccccc2)C1. The van der Waals surface area contributed by atoms with Gasteiger partial charge in [0.1, 0.15) is 0 Å². The average Bonchev–Trinajstić information content (AvgIpc) is 3.36. The molecule has 1 heterocycles. The van der Waals surface area contributed by atoms with Crippen LogP contribution >= 0.6 is 0 Å². The molecule has 1 aromatic carbocycles. The third-order valence-corrected chi connectivity index (χ3v) is 15.8. The number of aliphatic hydroxyl groups is 2. The monoisotopic (exact) mass is 666 g/mol. The van der Waals surface area contributed by atoms with Crippen molar-refractivity contribution >= 4 is 10.0 Å². The Morgan fingerprint density at radius 3 is 2.55 bits per heavy atom. The van der Waals surface area contributed by atoms with E-state index in [2.05, 4.69) is 57.2 Å². The number of aryl methyl sites for hydroxylation is 1. The molecule has 1 aromatic rings. The lowest BCUT2D eigenvalue weighted by Gasteiger charge is -2.57. The first-order chi connectivity index (χ1) is 22.2. The van der Waals surface area contributed by atoms with Gasteiger partial charge in [-0.1, -0.05) is 80.8 Å². The van der Waals surface area contributed by atoms with Crippen molar-refractivity contribution < 1.29 is 18.6 Å². The highest BCUT2D eigenvalue weighted by Gasteiger charge is 2.57. The van der Waals surface area contributed by atoms with Crippen molar-refractivity contribution in [3.8, 4) is 0 Å². The molecule has 0 unspecified atom stereocenters. The second-order valence-corrected chi connectivity index (χ2v) is 19.1. The number of rotatable bonds is 9. The second-order valence-electron chi connectivity index (χ2n) is 17.2. The molecule has 6 nitrogen and oxygen atoms in total. The van der Waals surface area contributed by atoms with Crippen LogP contribution in [-0.2, 0) is 16.4 Å². The molecule has 0 aromatic heterocycles. The summed E-state index contributed by atoms with van der Waals surface area (Å²) in [5, 5.41) is 22.2. The summed E-state index contributed by atoms with van der Waals surface area (Å²) in [5.41, 5.74) is 5.71. The topological polar surface area (TPSA) is 89.9 Å². The van der Waals surface area contributed by atoms with Gasteiger partial charge in [-0.25, -0.2) is 13.1 Å². The molecule has 7 heteroatoms. The highest BCUT2D eigenvalue weighted by molar-refractivity contribution is 7.89. The number of benzene rings is 1. The zero-order valence-corrected chi connectivity index (χ0v) is 30.8. The first-order valence-corrected chi connectivity index (χ1v) is 20.3. The predicted molar refractivity (Wildman–Crippen MR) is 191 cm³/mol. The molecule has 1 aliphatic heterocycles. The highest BCUT2D eigenvalue weighted by atomic mass is 32.2. The summed E-state index contributed by atoms with van der Waals surface area (Å²) < 4.78 is 28.8. The molecule has 2 saturated carbocycles. The Bertz CT molecular complexity index is 1460. The third-order valence-electron chi connectivity index (χ3n) is 14.5. The van der Waals surface area contributed by atoms with Gasteiger partial charge in [0.25, 0.3) is 0 Å². The van der Waals surface area contributed by atoms with Gasteiger partial charge in [0, 0.05) is 25.2 Å². The molecule has 262 valence electrons. The van der Waals surface area contributed by atoms with Gasteiger partial charge >= 0.3 is 0 Å². The number of sulfonamides is 1. The van der Waals surface area contributed by atoms with Crippen molar-refractivity contribution in [3.63, 3.8) is 0 Å². The number of nitrogens with zero attached hydrogens (tertiary/aromatic N) is 1. The van der Waals surface area contributed by atoms with Crippen LogP contribution in [0.1, 0.15) is 105 Å². The lowest BCUT2D eigenvalue weighted by molar-refractivity contribution is -0.127. The standard InChI is InChI=1S/C40H62N2O4S/c1-27-22-37(44)40(6,42(26-27)20-19-41-47(45,46)21-16-30-10-8-7-9-11-30)29(3)38(4)17-15-33-34-13-12-31-23-32(43)14-18-39(31,5)36(34)24-35(33)28(2)25-38/h7-11,23,27,29,32-34,36-37,41,43-44H,12-22,24-26H2,1-6H3/t27-,29-,32-,33-,34-,36-,37+,38+,39-,40-/m0/s1. The molecular weight excluding hydrogens is 605 g/mol. The van der Waals surface area contributed by atoms with Crippen molar-refractivity contribution in [2.45, 2.75) is 123 Å². The molecular formula is C40H62N2O4S. The minimum absolute atomic E-state index is 0.0409. The van der Waals surface area contributed by atoms with Gasteiger partial charge < -0.3 is 10.2 Å². The molecule has 0 spiro atoms. The normalized spacial score (nSPS) is 40.2. The van der Waals surface area contributed by atoms with E-state index in [1.165, 1.54) is 24.8 Å². The number of fused-ring (bicyclic) bond motifs is 5. The van der Waals surface area contributed by atoms with E-state index in [9.17, 15) is 18.6 Å². The summed E-state index contributed by atoms with van der Waals surface area (Å²) in [6, 6.07) is 9.79. The van der Waals surface area contributed by atoms with Crippen LogP contribution in [0.5, 0.6) is 0 Å². The largest absolute Gasteiger partial charge is 0.391 e. The van der Waals surface area contributed by atoms with Crippen LogP contribution in [0.2, 0.25) is 0 Å². The van der Waals surface area contributed by atoms with Gasteiger partial charge in [0.05, 0.1) is 18.0 Å². The first kappa shape index (κ1) is 35.3. The molecule has 6 rings (SSSR count). The van der Waals surface area contributed by atoms with Crippen molar-refractivity contribution in [3.05, 3.63) is 58.7 Å². The average molecular weight is 667 g/mol. The molecule has 0 bridgehead atoms. The number of hydrogen-bond acceptors (Lipinski definition) is 5. The summed E-state index contributed by atoms with van der Waals surface area (Å²) in [6.07, 6.45) is 11.8. The number of piperidine rings is 1. The minimum atomic E-state index is -3.40. The molecule has 5 aliphatic rings. The molecule has 4 aliphatic carbocycles. The molecule has 3 fully saturated rings. The molecule has 0 radical (unpaired) electrons. The molecule has 10 atom stereocenters. The number of nitrogens with one attached hydrogen (secondary N) is 1. The highest BCUT2D eigenvalue weighted by Crippen LogP contribution is 2.64. The fourth-order valence-corrected chi connectivity index (χ4v) is 12.4. The van der Waals surface area contributed by atoms with Gasteiger partial charge in [-0.05, 0) is 124 Å². The maximum absolute atomic E-state index is 13.0. The van der Waals surface area contributed by atoms with Gasteiger partial charge in [0.15, 0.2) is 0 Å². The van der Waals surface area contributed by atoms with Crippen molar-refractivity contribution in [1.29, 1.82) is 0 Å². The zero-order chi connectivity index (χ0) is 33.8. The van der Waals surface area contributed by atoms with Crippen molar-refractivity contribution in [1.82, 2.24) is 9.62 Å². The Morgan fingerprint density at radius 1 is 1.06 bits per heavy atom. The van der Waals surface area contributed by atoms with E-state index in [1.807, 2.05) is 30.3 Å². The number of likely N-dealkylation sites (tertiary alicyclic amines) is 1. The van der Waals surface area contributed by atoms with E-state index in [0.717, 1.165) is 56.6 Å². The van der Waals surface area contributed by atoms with Crippen LogP contribution in [0, 0.1) is 40.4 Å². The van der Waals surface area contributed by atoms with Crippen molar-refractivity contribution in [2.75, 3.05) is 25.4 Å². The Kier molecular flexibility index (Phi) is 10.0. The van der Waals surface area contributed by atoms with Gasteiger partial charge in [-0.3, -0.25) is 4.90 Å². The summed E-state index contributed by atoms with van der Waals surface area (Å²) in [4.78, 5) is 2.43. The van der Waals surface area contributed by atoms with Gasteiger partial charge in [-0.2, -0.15) is 0 Å². The van der Waals surface area contributed by atoms with E-state index in [4.69, 9.17) is 0 Å². The fraction of sp³-hybridized carbons (Fsp3) is 0.750. The lowest BCUT2D eigenvalue weighted by Crippen LogP contribution is -2.66. The maximum atomic E-state index is 13.0. The predicted octanol–water partition coefficient (Wildman–Crippen LogP) is 6.89. The lowest BCUT2D eigenvalue weighted by atomic mass is 9.55. The van der Waals surface area contributed by atoms with Crippen molar-refractivity contribution in [2.24, 2.45) is 40.4 Å². The van der Waals surface area contributed by atoms with Crippen LogP contribution < -0.4 is 4.72 Å². The number of aliphatic hydroxyl groups excluding tert-OH is 2. The van der Waals surface area contributed by atoms with E-state index in [-0.39, 0.29) is 28.6 Å². The van der Waals surface area contributed by atoms with Crippen LogP contribution in [0.15, 0.2) is 53.1 Å². The quantitative estimate of drug-likeness (QED) is 0.250. The fourth-order valence-electron chi connectivity index (χ4n) is 11.3. The van der Waals surface area contributed by atoms with Crippen LogP contribution in [0.3, 0.4) is 0 Å². The van der Waals surface area contributed by atoms with E-state index in [0.29, 0.717) is 37.3 Å². The Balaban J connectivity index is 1.17. The molecule has 47 heavy (non-hydrogen) atoms. The Hall–Kier alpha value is -1.51. The third kappa shape index (κ3) is 6.70. The Morgan fingerprint density at radius 2 is 1.81 bits per heavy atom. The van der Waals surface area contributed by atoms with Crippen LogP contribution in [-0.4, -0.2) is 66.7 Å². The van der Waals surface area contributed by atoms with Crippen LogP contribution in [0.4, 0.5) is 0 Å². The Labute approximate surface area is 285 Å². The summed E-state index contributed by atoms with van der Waals surface area (Å²) in [5.74, 6) is 2.75. The second kappa shape index (κ2) is 13.3. The number of hydrogen-bond donors (Lipinski definition) is 3. The van der Waals surface area contributed by atoms with E-state index >= 15 is 0 Å². The molecule has 1 saturated heterocycles. The van der Waals surface area contributed by atoms with Gasteiger partial charge in [0.2, 0.25) is 10.0 Å². The van der Waals surface area contributed by atoms with E-state index < -0.39 is 21.7 Å². The maximum Gasteiger partial charge on any atom is 0.211 e. The van der Waals surface area contributed by atoms with Crippen LogP contribution in [0.25, 0.3) is 0 Å². The molecule has 0 amide bonds. The summed E-state index contributed by atoms with van der Waals surface area (Å²) in [6.45, 7) is 16.1. The summed E-state index contributed by atoms with van der Waals surface area (Å²) in [7, 11) is -3.40. The van der Waals surface area contributed by atoms with E-state index in [1.54, 1.807) is 11.1 Å². The summed E-state index contributed by atoms with van der Waals surface area (Å²) >= 11 is 0.